The zero-order chi connectivity index (χ0) is 14.0. The molecule has 2 N–H and O–H groups in total. The van der Waals surface area contributed by atoms with Crippen LogP contribution < -0.4 is 5.32 Å². The summed E-state index contributed by atoms with van der Waals surface area (Å²) in [6.45, 7) is 6.25. The van der Waals surface area contributed by atoms with Crippen molar-refractivity contribution in [3.05, 3.63) is 0 Å². The van der Waals surface area contributed by atoms with Crippen LogP contribution in [0.5, 0.6) is 0 Å². The summed E-state index contributed by atoms with van der Waals surface area (Å²) in [7, 11) is 0. The Labute approximate surface area is 106 Å². The topological polar surface area (TPSA) is 35.5 Å². The molecule has 18 heavy (non-hydrogen) atoms. The van der Waals surface area contributed by atoms with E-state index in [9.17, 15) is 18.3 Å². The van der Waals surface area contributed by atoms with Gasteiger partial charge in [0.2, 0.25) is 0 Å². The second-order valence-corrected chi connectivity index (χ2v) is 6.13. The van der Waals surface area contributed by atoms with E-state index in [0.717, 1.165) is 0 Å². The number of halogens is 3. The van der Waals surface area contributed by atoms with Gasteiger partial charge in [-0.3, -0.25) is 4.90 Å². The van der Waals surface area contributed by atoms with Gasteiger partial charge in [0.15, 0.2) is 0 Å². The third-order valence-corrected chi connectivity index (χ3v) is 3.27. The van der Waals surface area contributed by atoms with Gasteiger partial charge < -0.3 is 10.4 Å². The van der Waals surface area contributed by atoms with Crippen LogP contribution >= 0.6 is 0 Å². The average molecular weight is 268 g/mol. The molecule has 1 rings (SSSR count). The summed E-state index contributed by atoms with van der Waals surface area (Å²) in [4.78, 5) is 1.40. The third-order valence-electron chi connectivity index (χ3n) is 3.27. The molecular weight excluding hydrogens is 245 g/mol. The molecule has 0 bridgehead atoms. The fourth-order valence-electron chi connectivity index (χ4n) is 1.98. The Morgan fingerprint density at radius 3 is 2.44 bits per heavy atom. The molecule has 0 saturated carbocycles. The first kappa shape index (κ1) is 15.7. The zero-order valence-corrected chi connectivity index (χ0v) is 11.2. The molecule has 0 radical (unpaired) electrons. The molecule has 2 atom stereocenters. The van der Waals surface area contributed by atoms with Crippen LogP contribution in [0.2, 0.25) is 0 Å². The normalized spacial score (nSPS) is 24.5. The number of hydrogen-bond donors (Lipinski definition) is 2. The second-order valence-electron chi connectivity index (χ2n) is 6.13. The fourth-order valence-corrected chi connectivity index (χ4v) is 1.98. The lowest BCUT2D eigenvalue weighted by atomic mass is 9.89. The van der Waals surface area contributed by atoms with E-state index in [2.05, 4.69) is 5.32 Å². The molecular formula is C12H23F3N2O. The van der Waals surface area contributed by atoms with E-state index in [0.29, 0.717) is 26.1 Å². The SMILES string of the molecule is CC(C)(C)[C@@H](O)CN[C@H]1CCN(CC(F)(F)F)C1. The van der Waals surface area contributed by atoms with Gasteiger partial charge in [-0.05, 0) is 11.8 Å². The molecule has 0 amide bonds. The molecule has 0 aliphatic carbocycles. The Bertz CT molecular complexity index is 263. The summed E-state index contributed by atoms with van der Waals surface area (Å²) < 4.78 is 36.6. The first-order valence-corrected chi connectivity index (χ1v) is 6.28. The van der Waals surface area contributed by atoms with Crippen molar-refractivity contribution in [3.8, 4) is 0 Å². The van der Waals surface area contributed by atoms with Crippen molar-refractivity contribution in [3.63, 3.8) is 0 Å². The second kappa shape index (κ2) is 5.75. The summed E-state index contributed by atoms with van der Waals surface area (Å²) in [6, 6.07) is 0.0457. The van der Waals surface area contributed by atoms with Crippen LogP contribution in [0.1, 0.15) is 27.2 Å². The van der Waals surface area contributed by atoms with Crippen molar-refractivity contribution < 1.29 is 18.3 Å². The number of hydrogen-bond acceptors (Lipinski definition) is 3. The molecule has 1 aliphatic rings. The zero-order valence-electron chi connectivity index (χ0n) is 11.2. The Balaban J connectivity index is 2.27. The van der Waals surface area contributed by atoms with E-state index < -0.39 is 18.8 Å². The van der Waals surface area contributed by atoms with Gasteiger partial charge in [0.05, 0.1) is 12.6 Å². The molecule has 6 heteroatoms. The summed E-state index contributed by atoms with van der Waals surface area (Å²) in [5.41, 5.74) is -0.211. The Kier molecular flexibility index (Phi) is 5.03. The fraction of sp³-hybridized carbons (Fsp3) is 1.00. The number of nitrogens with one attached hydrogen (secondary N) is 1. The summed E-state index contributed by atoms with van der Waals surface area (Å²) in [6.07, 6.45) is -3.92. The maximum absolute atomic E-state index is 12.2. The van der Waals surface area contributed by atoms with E-state index in [-0.39, 0.29) is 11.5 Å². The maximum atomic E-state index is 12.2. The largest absolute Gasteiger partial charge is 0.401 e. The molecule has 108 valence electrons. The molecule has 0 aromatic carbocycles. The highest BCUT2D eigenvalue weighted by Gasteiger charge is 2.34. The molecule has 1 fully saturated rings. The highest BCUT2D eigenvalue weighted by molar-refractivity contribution is 4.84. The van der Waals surface area contributed by atoms with Gasteiger partial charge in [0.1, 0.15) is 0 Å². The predicted molar refractivity (Wildman–Crippen MR) is 64.4 cm³/mol. The monoisotopic (exact) mass is 268 g/mol. The lowest BCUT2D eigenvalue weighted by Crippen LogP contribution is -2.42. The van der Waals surface area contributed by atoms with Crippen molar-refractivity contribution in [2.75, 3.05) is 26.2 Å². The molecule has 1 saturated heterocycles. The van der Waals surface area contributed by atoms with E-state index in [1.807, 2.05) is 20.8 Å². The Morgan fingerprint density at radius 1 is 1.33 bits per heavy atom. The van der Waals surface area contributed by atoms with Crippen LogP contribution in [0.3, 0.4) is 0 Å². The van der Waals surface area contributed by atoms with E-state index >= 15 is 0 Å². The van der Waals surface area contributed by atoms with Crippen LogP contribution in [0.4, 0.5) is 13.2 Å². The van der Waals surface area contributed by atoms with Crippen molar-refractivity contribution >= 4 is 0 Å². The Hall–Kier alpha value is -0.330. The predicted octanol–water partition coefficient (Wildman–Crippen LogP) is 1.62. The highest BCUT2D eigenvalue weighted by atomic mass is 19.4. The number of rotatable bonds is 4. The number of nitrogens with zero attached hydrogens (tertiary/aromatic N) is 1. The van der Waals surface area contributed by atoms with Gasteiger partial charge in [-0.1, -0.05) is 20.8 Å². The minimum absolute atomic E-state index is 0.0457. The summed E-state index contributed by atoms with van der Waals surface area (Å²) in [5, 5.41) is 13.0. The molecule has 0 aromatic rings. The maximum Gasteiger partial charge on any atom is 0.401 e. The van der Waals surface area contributed by atoms with Crippen LogP contribution in [0.15, 0.2) is 0 Å². The molecule has 0 aromatic heterocycles. The van der Waals surface area contributed by atoms with E-state index in [4.69, 9.17) is 0 Å². The average Bonchev–Trinajstić information content (AvgIpc) is 2.57. The quantitative estimate of drug-likeness (QED) is 0.813. The Morgan fingerprint density at radius 2 is 1.94 bits per heavy atom. The lowest BCUT2D eigenvalue weighted by Gasteiger charge is -2.27. The molecule has 1 aliphatic heterocycles. The first-order valence-electron chi connectivity index (χ1n) is 6.28. The van der Waals surface area contributed by atoms with Gasteiger partial charge in [-0.15, -0.1) is 0 Å². The number of likely N-dealkylation sites (tertiary alicyclic amines) is 1. The van der Waals surface area contributed by atoms with Gasteiger partial charge in [0.25, 0.3) is 0 Å². The van der Waals surface area contributed by atoms with E-state index in [1.165, 1.54) is 4.90 Å². The molecule has 0 unspecified atom stereocenters. The third kappa shape index (κ3) is 5.54. The van der Waals surface area contributed by atoms with Crippen molar-refractivity contribution in [2.45, 2.75) is 45.5 Å². The lowest BCUT2D eigenvalue weighted by molar-refractivity contribution is -0.143. The van der Waals surface area contributed by atoms with Crippen molar-refractivity contribution in [1.29, 1.82) is 0 Å². The standard InChI is InChI=1S/C12H23F3N2O/c1-11(2,3)10(18)6-16-9-4-5-17(7-9)8-12(13,14)15/h9-10,16,18H,4-8H2,1-3H3/t9-,10-/m0/s1. The minimum Gasteiger partial charge on any atom is -0.391 e. The van der Waals surface area contributed by atoms with Crippen LogP contribution in [0.25, 0.3) is 0 Å². The van der Waals surface area contributed by atoms with Crippen molar-refractivity contribution in [1.82, 2.24) is 10.2 Å². The number of alkyl halides is 3. The van der Waals surface area contributed by atoms with Crippen LogP contribution in [-0.4, -0.2) is 54.5 Å². The number of aliphatic hydroxyl groups excluding tert-OH is 1. The first-order chi connectivity index (χ1) is 8.08. The van der Waals surface area contributed by atoms with Crippen LogP contribution in [0, 0.1) is 5.41 Å². The molecule has 1 heterocycles. The summed E-state index contributed by atoms with van der Waals surface area (Å²) in [5.74, 6) is 0. The van der Waals surface area contributed by atoms with E-state index in [1.54, 1.807) is 0 Å². The minimum atomic E-state index is -4.13. The number of aliphatic hydroxyl groups is 1. The van der Waals surface area contributed by atoms with Crippen molar-refractivity contribution in [2.24, 2.45) is 5.41 Å². The van der Waals surface area contributed by atoms with Gasteiger partial charge >= 0.3 is 6.18 Å². The van der Waals surface area contributed by atoms with Gasteiger partial charge in [-0.25, -0.2) is 0 Å². The highest BCUT2D eigenvalue weighted by Crippen LogP contribution is 2.21. The van der Waals surface area contributed by atoms with Crippen LogP contribution in [-0.2, 0) is 0 Å². The molecule has 3 nitrogen and oxygen atoms in total. The van der Waals surface area contributed by atoms with Gasteiger partial charge in [0, 0.05) is 25.7 Å². The smallest absolute Gasteiger partial charge is 0.391 e. The van der Waals surface area contributed by atoms with Gasteiger partial charge in [-0.2, -0.15) is 13.2 Å². The molecule has 0 spiro atoms. The summed E-state index contributed by atoms with van der Waals surface area (Å²) >= 11 is 0.